The lowest BCUT2D eigenvalue weighted by Gasteiger charge is -2.28. The minimum Gasteiger partial charge on any atom is -0.495 e. The van der Waals surface area contributed by atoms with Crippen LogP contribution in [0.2, 0.25) is 0 Å². The number of morpholine rings is 1. The molecule has 8 nitrogen and oxygen atoms in total. The third-order valence-corrected chi connectivity index (χ3v) is 8.16. The summed E-state index contributed by atoms with van der Waals surface area (Å²) in [5, 5.41) is 3.02. The molecule has 2 fully saturated rings. The summed E-state index contributed by atoms with van der Waals surface area (Å²) >= 11 is 0. The van der Waals surface area contributed by atoms with Crippen LogP contribution in [-0.2, 0) is 14.8 Å². The van der Waals surface area contributed by atoms with Gasteiger partial charge in [-0.05, 0) is 49.7 Å². The standard InChI is InChI=1S/C24H31N3O5S/c1-31-22-10-9-20(17-23(22)33(29,30)27-13-15-32-16-14-27)24(28)25-18-21(26-11-5-6-12-26)19-7-3-2-4-8-19/h2-4,7-10,17,21H,5-6,11-16,18H2,1H3,(H,25,28)/t21-/m0/s1. The zero-order valence-corrected chi connectivity index (χ0v) is 19.7. The summed E-state index contributed by atoms with van der Waals surface area (Å²) in [5.41, 5.74) is 1.45. The first-order chi connectivity index (χ1) is 16.0. The van der Waals surface area contributed by atoms with Crippen LogP contribution in [-0.4, -0.2) is 76.6 Å². The van der Waals surface area contributed by atoms with Crippen LogP contribution in [0.25, 0.3) is 0 Å². The Labute approximate surface area is 195 Å². The van der Waals surface area contributed by atoms with Crippen molar-refractivity contribution in [3.8, 4) is 5.75 Å². The molecule has 2 aliphatic rings. The number of amides is 1. The highest BCUT2D eigenvalue weighted by Gasteiger charge is 2.30. The van der Waals surface area contributed by atoms with Gasteiger partial charge in [0.25, 0.3) is 5.91 Å². The molecule has 33 heavy (non-hydrogen) atoms. The Morgan fingerprint density at radius 3 is 2.42 bits per heavy atom. The minimum absolute atomic E-state index is 0.00120. The SMILES string of the molecule is COc1ccc(C(=O)NC[C@@H](c2ccccc2)N2CCCC2)cc1S(=O)(=O)N1CCOCC1. The lowest BCUT2D eigenvalue weighted by molar-refractivity contribution is 0.0729. The fraction of sp³-hybridized carbons (Fsp3) is 0.458. The molecule has 0 unspecified atom stereocenters. The van der Waals surface area contributed by atoms with Crippen molar-refractivity contribution >= 4 is 15.9 Å². The van der Waals surface area contributed by atoms with Crippen LogP contribution < -0.4 is 10.1 Å². The summed E-state index contributed by atoms with van der Waals surface area (Å²) < 4.78 is 38.4. The highest BCUT2D eigenvalue weighted by molar-refractivity contribution is 7.89. The van der Waals surface area contributed by atoms with Gasteiger partial charge in [0.1, 0.15) is 10.6 Å². The van der Waals surface area contributed by atoms with Gasteiger partial charge in [-0.1, -0.05) is 30.3 Å². The molecule has 0 spiro atoms. The summed E-state index contributed by atoms with van der Waals surface area (Å²) in [4.78, 5) is 15.4. The van der Waals surface area contributed by atoms with Gasteiger partial charge >= 0.3 is 0 Å². The molecule has 0 bridgehead atoms. The molecule has 1 amide bonds. The second kappa shape index (κ2) is 10.6. The van der Waals surface area contributed by atoms with E-state index in [1.165, 1.54) is 23.5 Å². The van der Waals surface area contributed by atoms with Crippen LogP contribution >= 0.6 is 0 Å². The van der Waals surface area contributed by atoms with Crippen molar-refractivity contribution in [2.24, 2.45) is 0 Å². The number of likely N-dealkylation sites (tertiary alicyclic amines) is 1. The molecule has 0 aromatic heterocycles. The number of hydrogen-bond acceptors (Lipinski definition) is 6. The molecule has 1 N–H and O–H groups in total. The maximum absolute atomic E-state index is 13.2. The average Bonchev–Trinajstić information content (AvgIpc) is 3.39. The van der Waals surface area contributed by atoms with Gasteiger partial charge < -0.3 is 14.8 Å². The van der Waals surface area contributed by atoms with Gasteiger partial charge in [-0.3, -0.25) is 9.69 Å². The zero-order chi connectivity index (χ0) is 23.3. The summed E-state index contributed by atoms with van der Waals surface area (Å²) in [6, 6.07) is 14.8. The highest BCUT2D eigenvalue weighted by Crippen LogP contribution is 2.29. The lowest BCUT2D eigenvalue weighted by atomic mass is 10.1. The molecule has 178 valence electrons. The largest absolute Gasteiger partial charge is 0.495 e. The smallest absolute Gasteiger partial charge is 0.251 e. The van der Waals surface area contributed by atoms with Crippen molar-refractivity contribution in [3.63, 3.8) is 0 Å². The number of hydrogen-bond donors (Lipinski definition) is 1. The molecule has 2 aliphatic heterocycles. The van der Waals surface area contributed by atoms with Crippen LogP contribution in [0.1, 0.15) is 34.8 Å². The minimum atomic E-state index is -3.81. The van der Waals surface area contributed by atoms with Gasteiger partial charge in [0, 0.05) is 25.2 Å². The maximum atomic E-state index is 13.2. The van der Waals surface area contributed by atoms with Crippen molar-refractivity contribution in [1.29, 1.82) is 0 Å². The highest BCUT2D eigenvalue weighted by atomic mass is 32.2. The Balaban J connectivity index is 1.53. The number of carbonyl (C=O) groups excluding carboxylic acids is 1. The number of nitrogens with one attached hydrogen (secondary N) is 1. The van der Waals surface area contributed by atoms with E-state index in [0.29, 0.717) is 19.8 Å². The van der Waals surface area contributed by atoms with Crippen LogP contribution in [0.3, 0.4) is 0 Å². The fourth-order valence-corrected chi connectivity index (χ4v) is 6.01. The number of sulfonamides is 1. The number of benzene rings is 2. The van der Waals surface area contributed by atoms with Crippen LogP contribution in [0.15, 0.2) is 53.4 Å². The second-order valence-electron chi connectivity index (χ2n) is 8.26. The predicted molar refractivity (Wildman–Crippen MR) is 125 cm³/mol. The molecule has 9 heteroatoms. The third-order valence-electron chi connectivity index (χ3n) is 6.24. The lowest BCUT2D eigenvalue weighted by Crippen LogP contribution is -2.41. The van der Waals surface area contributed by atoms with Gasteiger partial charge in [0.15, 0.2) is 0 Å². The maximum Gasteiger partial charge on any atom is 0.251 e. The fourth-order valence-electron chi connectivity index (χ4n) is 4.42. The van der Waals surface area contributed by atoms with E-state index in [2.05, 4.69) is 22.3 Å². The molecule has 0 aliphatic carbocycles. The van der Waals surface area contributed by atoms with E-state index in [1.54, 1.807) is 6.07 Å². The van der Waals surface area contributed by atoms with Gasteiger partial charge in [0.05, 0.1) is 26.4 Å². The van der Waals surface area contributed by atoms with Crippen molar-refractivity contribution in [1.82, 2.24) is 14.5 Å². The summed E-state index contributed by atoms with van der Waals surface area (Å²) in [6.07, 6.45) is 2.30. The van der Waals surface area contributed by atoms with E-state index in [-0.39, 0.29) is 41.2 Å². The average molecular weight is 474 g/mol. The van der Waals surface area contributed by atoms with Crippen molar-refractivity contribution < 1.29 is 22.7 Å². The van der Waals surface area contributed by atoms with Gasteiger partial charge in [0.2, 0.25) is 10.0 Å². The zero-order valence-electron chi connectivity index (χ0n) is 18.9. The van der Waals surface area contributed by atoms with Crippen molar-refractivity contribution in [3.05, 3.63) is 59.7 Å². The molecule has 4 rings (SSSR count). The molecule has 0 saturated carbocycles. The van der Waals surface area contributed by atoms with E-state index in [1.807, 2.05) is 18.2 Å². The topological polar surface area (TPSA) is 88.2 Å². The first-order valence-corrected chi connectivity index (χ1v) is 12.8. The van der Waals surface area contributed by atoms with E-state index in [9.17, 15) is 13.2 Å². The van der Waals surface area contributed by atoms with E-state index in [0.717, 1.165) is 31.5 Å². The first-order valence-electron chi connectivity index (χ1n) is 11.3. The number of ether oxygens (including phenoxy) is 2. The summed E-state index contributed by atoms with van der Waals surface area (Å²) in [7, 11) is -2.38. The van der Waals surface area contributed by atoms with Crippen LogP contribution in [0.5, 0.6) is 5.75 Å². The molecule has 0 radical (unpaired) electrons. The number of methoxy groups -OCH3 is 1. The van der Waals surface area contributed by atoms with Gasteiger partial charge in [-0.25, -0.2) is 8.42 Å². The van der Waals surface area contributed by atoms with Crippen LogP contribution in [0, 0.1) is 0 Å². The van der Waals surface area contributed by atoms with E-state index < -0.39 is 10.0 Å². The second-order valence-corrected chi connectivity index (χ2v) is 10.2. The van der Waals surface area contributed by atoms with Gasteiger partial charge in [-0.2, -0.15) is 4.31 Å². The molecule has 2 heterocycles. The van der Waals surface area contributed by atoms with Crippen molar-refractivity contribution in [2.75, 3.05) is 53.0 Å². The van der Waals surface area contributed by atoms with Crippen LogP contribution in [0.4, 0.5) is 0 Å². The molecular formula is C24H31N3O5S. The van der Waals surface area contributed by atoms with E-state index >= 15 is 0 Å². The Morgan fingerprint density at radius 1 is 1.06 bits per heavy atom. The summed E-state index contributed by atoms with van der Waals surface area (Å²) in [5.74, 6) is -0.0894. The summed E-state index contributed by atoms with van der Waals surface area (Å²) in [6.45, 7) is 3.69. The Hall–Kier alpha value is -2.46. The Bertz CT molecular complexity index is 1050. The number of rotatable bonds is 8. The molecular weight excluding hydrogens is 442 g/mol. The van der Waals surface area contributed by atoms with Gasteiger partial charge in [-0.15, -0.1) is 0 Å². The molecule has 2 aromatic rings. The predicted octanol–water partition coefficient (Wildman–Crippen LogP) is 2.28. The van der Waals surface area contributed by atoms with Crippen molar-refractivity contribution in [2.45, 2.75) is 23.8 Å². The first kappa shape index (κ1) is 23.7. The Morgan fingerprint density at radius 2 is 1.76 bits per heavy atom. The molecule has 2 saturated heterocycles. The number of carbonyl (C=O) groups is 1. The quantitative estimate of drug-likeness (QED) is 0.633. The third kappa shape index (κ3) is 5.38. The molecule has 1 atom stereocenters. The Kier molecular flexibility index (Phi) is 7.64. The normalized spacial score (nSPS) is 18.7. The monoisotopic (exact) mass is 473 g/mol. The van der Waals surface area contributed by atoms with E-state index in [4.69, 9.17) is 9.47 Å². The number of nitrogens with zero attached hydrogens (tertiary/aromatic N) is 2. The molecule has 2 aromatic carbocycles.